The van der Waals surface area contributed by atoms with E-state index < -0.39 is 11.4 Å². The van der Waals surface area contributed by atoms with Crippen LogP contribution in [0.4, 0.5) is 0 Å². The SMILES string of the molecule is C=Cc1cc(=O)cc(CCCCC(C)(C)C(=O)O)s1. The zero-order chi connectivity index (χ0) is 14.5. The molecule has 0 saturated heterocycles. The fourth-order valence-electron chi connectivity index (χ4n) is 1.75. The Hall–Kier alpha value is -1.42. The quantitative estimate of drug-likeness (QED) is 0.777. The van der Waals surface area contributed by atoms with Gasteiger partial charge in [0.15, 0.2) is 5.43 Å². The molecular weight excluding hydrogens is 260 g/mol. The summed E-state index contributed by atoms with van der Waals surface area (Å²) in [6, 6.07) is 3.23. The standard InChI is InChI=1S/C15H20O3S/c1-4-12-9-11(16)10-13(19-12)7-5-6-8-15(2,3)14(17)18/h4,9-10H,1,5-8H2,2-3H3,(H,17,18). The maximum Gasteiger partial charge on any atom is 0.309 e. The van der Waals surface area contributed by atoms with Crippen molar-refractivity contribution < 1.29 is 9.90 Å². The maximum atomic E-state index is 11.4. The molecule has 0 saturated carbocycles. The van der Waals surface area contributed by atoms with Crippen LogP contribution in [0.2, 0.25) is 0 Å². The van der Waals surface area contributed by atoms with Crippen molar-refractivity contribution in [1.82, 2.24) is 0 Å². The molecule has 1 aromatic heterocycles. The maximum absolute atomic E-state index is 11.4. The molecule has 0 spiro atoms. The fraction of sp³-hybridized carbons (Fsp3) is 0.467. The van der Waals surface area contributed by atoms with Crippen molar-refractivity contribution >= 4 is 23.4 Å². The molecule has 0 radical (unpaired) electrons. The first-order valence-electron chi connectivity index (χ1n) is 6.35. The molecule has 0 aromatic carbocycles. The van der Waals surface area contributed by atoms with Crippen LogP contribution in [-0.4, -0.2) is 11.1 Å². The molecule has 19 heavy (non-hydrogen) atoms. The van der Waals surface area contributed by atoms with Crippen LogP contribution in [0, 0.1) is 5.41 Å². The average Bonchev–Trinajstić information content (AvgIpc) is 2.33. The molecule has 1 aromatic rings. The Morgan fingerprint density at radius 1 is 1.42 bits per heavy atom. The van der Waals surface area contributed by atoms with Crippen LogP contribution in [0.1, 0.15) is 42.9 Å². The molecular formula is C15H20O3S. The lowest BCUT2D eigenvalue weighted by Gasteiger charge is -2.18. The second-order valence-electron chi connectivity index (χ2n) is 5.26. The summed E-state index contributed by atoms with van der Waals surface area (Å²) in [5.41, 5.74) is -0.662. The lowest BCUT2D eigenvalue weighted by molar-refractivity contribution is -0.147. The molecule has 0 fully saturated rings. The average molecular weight is 280 g/mol. The fourth-order valence-corrected chi connectivity index (χ4v) is 2.73. The minimum Gasteiger partial charge on any atom is -0.481 e. The first-order chi connectivity index (χ1) is 8.85. The molecule has 3 nitrogen and oxygen atoms in total. The first-order valence-corrected chi connectivity index (χ1v) is 7.17. The van der Waals surface area contributed by atoms with Crippen molar-refractivity contribution in [2.75, 3.05) is 0 Å². The van der Waals surface area contributed by atoms with E-state index in [1.807, 2.05) is 0 Å². The molecule has 0 aliphatic heterocycles. The van der Waals surface area contributed by atoms with Crippen molar-refractivity contribution in [2.45, 2.75) is 39.5 Å². The lowest BCUT2D eigenvalue weighted by atomic mass is 9.87. The Labute approximate surface area is 117 Å². The third-order valence-corrected chi connectivity index (χ3v) is 4.20. The summed E-state index contributed by atoms with van der Waals surface area (Å²) in [5.74, 6) is -0.759. The number of aliphatic carboxylic acids is 1. The zero-order valence-electron chi connectivity index (χ0n) is 11.4. The molecule has 104 valence electrons. The summed E-state index contributed by atoms with van der Waals surface area (Å²) in [6.07, 6.45) is 4.89. The molecule has 0 amide bonds. The van der Waals surface area contributed by atoms with E-state index in [0.717, 1.165) is 29.0 Å². The van der Waals surface area contributed by atoms with Gasteiger partial charge >= 0.3 is 5.97 Å². The number of unbranched alkanes of at least 4 members (excludes halogenated alkanes) is 1. The Balaban J connectivity index is 2.50. The van der Waals surface area contributed by atoms with Gasteiger partial charge in [0.1, 0.15) is 0 Å². The van der Waals surface area contributed by atoms with E-state index in [4.69, 9.17) is 5.11 Å². The Bertz CT molecular complexity index is 514. The van der Waals surface area contributed by atoms with Crippen LogP contribution < -0.4 is 5.43 Å². The number of hydrogen-bond donors (Lipinski definition) is 1. The minimum atomic E-state index is -0.759. The number of carbonyl (C=O) groups is 1. The number of carboxylic acid groups (broad SMARTS) is 1. The molecule has 1 rings (SSSR count). The minimum absolute atomic E-state index is 0.00881. The van der Waals surface area contributed by atoms with E-state index in [1.165, 1.54) is 0 Å². The first kappa shape index (κ1) is 15.6. The van der Waals surface area contributed by atoms with E-state index in [2.05, 4.69) is 6.58 Å². The van der Waals surface area contributed by atoms with Gasteiger partial charge in [-0.15, -0.1) is 11.3 Å². The van der Waals surface area contributed by atoms with Crippen molar-refractivity contribution in [3.05, 3.63) is 38.7 Å². The number of carboxylic acids is 1. The summed E-state index contributed by atoms with van der Waals surface area (Å²) in [6.45, 7) is 7.15. The smallest absolute Gasteiger partial charge is 0.309 e. The van der Waals surface area contributed by atoms with Crippen LogP contribution in [-0.2, 0) is 11.2 Å². The summed E-state index contributed by atoms with van der Waals surface area (Å²) in [7, 11) is 0. The van der Waals surface area contributed by atoms with Gasteiger partial charge in [-0.3, -0.25) is 9.59 Å². The Morgan fingerprint density at radius 3 is 2.68 bits per heavy atom. The van der Waals surface area contributed by atoms with Crippen molar-refractivity contribution in [3.8, 4) is 0 Å². The van der Waals surface area contributed by atoms with E-state index in [0.29, 0.717) is 6.42 Å². The van der Waals surface area contributed by atoms with Gasteiger partial charge in [0.25, 0.3) is 0 Å². The number of rotatable bonds is 7. The summed E-state index contributed by atoms with van der Waals surface area (Å²) in [4.78, 5) is 24.3. The van der Waals surface area contributed by atoms with E-state index in [1.54, 1.807) is 43.4 Å². The highest BCUT2D eigenvalue weighted by Gasteiger charge is 2.25. The monoisotopic (exact) mass is 280 g/mol. The molecule has 0 atom stereocenters. The third kappa shape index (κ3) is 4.99. The van der Waals surface area contributed by atoms with Crippen molar-refractivity contribution in [1.29, 1.82) is 0 Å². The van der Waals surface area contributed by atoms with E-state index in [9.17, 15) is 9.59 Å². The topological polar surface area (TPSA) is 54.4 Å². The molecule has 0 aliphatic rings. The van der Waals surface area contributed by atoms with Gasteiger partial charge in [-0.05, 0) is 39.2 Å². The van der Waals surface area contributed by atoms with Crippen molar-refractivity contribution in [2.24, 2.45) is 5.41 Å². The van der Waals surface area contributed by atoms with Crippen LogP contribution in [0.25, 0.3) is 6.08 Å². The zero-order valence-corrected chi connectivity index (χ0v) is 12.3. The highest BCUT2D eigenvalue weighted by molar-refractivity contribution is 7.12. The molecule has 0 unspecified atom stereocenters. The predicted octanol–water partition coefficient (Wildman–Crippen LogP) is 3.57. The van der Waals surface area contributed by atoms with Gasteiger partial charge in [-0.2, -0.15) is 0 Å². The molecule has 1 N–H and O–H groups in total. The van der Waals surface area contributed by atoms with E-state index in [-0.39, 0.29) is 5.43 Å². The lowest BCUT2D eigenvalue weighted by Crippen LogP contribution is -2.23. The van der Waals surface area contributed by atoms with Crippen LogP contribution >= 0.6 is 11.3 Å². The second-order valence-corrected chi connectivity index (χ2v) is 6.46. The highest BCUT2D eigenvalue weighted by Crippen LogP contribution is 2.24. The molecule has 0 bridgehead atoms. The van der Waals surface area contributed by atoms with Crippen molar-refractivity contribution in [3.63, 3.8) is 0 Å². The normalized spacial score (nSPS) is 11.3. The van der Waals surface area contributed by atoms with Gasteiger partial charge in [-0.25, -0.2) is 0 Å². The van der Waals surface area contributed by atoms with Crippen LogP contribution in [0.5, 0.6) is 0 Å². The summed E-state index contributed by atoms with van der Waals surface area (Å²) in [5, 5.41) is 9.01. The van der Waals surface area contributed by atoms with E-state index >= 15 is 0 Å². The predicted molar refractivity (Wildman–Crippen MR) is 79.7 cm³/mol. The van der Waals surface area contributed by atoms with Gasteiger partial charge in [-0.1, -0.05) is 19.1 Å². The van der Waals surface area contributed by atoms with Gasteiger partial charge < -0.3 is 5.11 Å². The van der Waals surface area contributed by atoms with Gasteiger partial charge in [0.05, 0.1) is 5.41 Å². The summed E-state index contributed by atoms with van der Waals surface area (Å²) < 4.78 is 0. The second kappa shape index (κ2) is 6.66. The van der Waals surface area contributed by atoms with Crippen LogP contribution in [0.15, 0.2) is 23.5 Å². The number of hydrogen-bond acceptors (Lipinski definition) is 3. The number of aryl methyl sites for hydroxylation is 1. The highest BCUT2D eigenvalue weighted by atomic mass is 32.1. The molecule has 1 heterocycles. The largest absolute Gasteiger partial charge is 0.481 e. The molecule has 0 aliphatic carbocycles. The molecule has 4 heteroatoms. The summed E-state index contributed by atoms with van der Waals surface area (Å²) >= 11 is 1.57. The third-order valence-electron chi connectivity index (χ3n) is 3.09. The van der Waals surface area contributed by atoms with Gasteiger partial charge in [0.2, 0.25) is 0 Å². The van der Waals surface area contributed by atoms with Crippen LogP contribution in [0.3, 0.4) is 0 Å². The van der Waals surface area contributed by atoms with Gasteiger partial charge in [0, 0.05) is 15.8 Å². The Kier molecular flexibility index (Phi) is 5.48. The Morgan fingerprint density at radius 2 is 2.11 bits per heavy atom.